The van der Waals surface area contributed by atoms with Crippen LogP contribution in [0.25, 0.3) is 0 Å². The van der Waals surface area contributed by atoms with Gasteiger partial charge in [0.1, 0.15) is 11.5 Å². The van der Waals surface area contributed by atoms with E-state index in [1.54, 1.807) is 38.3 Å². The van der Waals surface area contributed by atoms with Crippen LogP contribution in [0.2, 0.25) is 0 Å². The summed E-state index contributed by atoms with van der Waals surface area (Å²) in [4.78, 5) is 38.4. The molecule has 0 bridgehead atoms. The first-order valence-corrected chi connectivity index (χ1v) is 10.6. The highest BCUT2D eigenvalue weighted by atomic mass is 16.7. The van der Waals surface area contributed by atoms with Crippen LogP contribution in [0, 0.1) is 0 Å². The van der Waals surface area contributed by atoms with Crippen molar-refractivity contribution < 1.29 is 28.6 Å². The molecule has 2 aromatic rings. The number of carbonyl (C=O) groups excluding carboxylic acids is 3. The second-order valence-corrected chi connectivity index (χ2v) is 7.43. The van der Waals surface area contributed by atoms with Crippen LogP contribution in [0.1, 0.15) is 35.7 Å². The molecule has 0 aromatic heterocycles. The smallest absolute Gasteiger partial charge is 0.496 e. The highest BCUT2D eigenvalue weighted by Gasteiger charge is 2.24. The van der Waals surface area contributed by atoms with E-state index in [1.807, 2.05) is 29.2 Å². The number of hydrogen-bond acceptors (Lipinski definition) is 6. The zero-order chi connectivity index (χ0) is 22.9. The minimum absolute atomic E-state index is 0.00623. The summed E-state index contributed by atoms with van der Waals surface area (Å²) in [6.07, 6.45) is 0.888. The Morgan fingerprint density at radius 2 is 1.72 bits per heavy atom. The first kappa shape index (κ1) is 23.1. The lowest BCUT2D eigenvalue weighted by Gasteiger charge is -2.32. The number of benzene rings is 2. The zero-order valence-corrected chi connectivity index (χ0v) is 18.3. The van der Waals surface area contributed by atoms with Crippen LogP contribution >= 0.6 is 0 Å². The summed E-state index contributed by atoms with van der Waals surface area (Å²) in [5.74, 6) is 0.867. The van der Waals surface area contributed by atoms with Crippen molar-refractivity contribution in [1.82, 2.24) is 10.2 Å². The van der Waals surface area contributed by atoms with Gasteiger partial charge in [0.05, 0.1) is 20.1 Å². The number of methoxy groups -OCH3 is 1. The van der Waals surface area contributed by atoms with Crippen LogP contribution in [-0.4, -0.2) is 55.7 Å². The Bertz CT molecular complexity index is 936. The van der Waals surface area contributed by atoms with Crippen LogP contribution < -0.4 is 14.8 Å². The van der Waals surface area contributed by atoms with E-state index < -0.39 is 6.16 Å². The van der Waals surface area contributed by atoms with Gasteiger partial charge in [0.15, 0.2) is 0 Å². The topological polar surface area (TPSA) is 94.2 Å². The summed E-state index contributed by atoms with van der Waals surface area (Å²) in [7, 11) is 1.60. The minimum atomic E-state index is -0.781. The molecule has 1 saturated heterocycles. The quantitative estimate of drug-likeness (QED) is 0.525. The zero-order valence-electron chi connectivity index (χ0n) is 18.3. The maximum atomic E-state index is 12.7. The average molecular weight is 440 g/mol. The molecule has 8 heteroatoms. The van der Waals surface area contributed by atoms with E-state index in [0.29, 0.717) is 49.4 Å². The van der Waals surface area contributed by atoms with E-state index in [1.165, 1.54) is 0 Å². The molecule has 1 N–H and O–H groups in total. The van der Waals surface area contributed by atoms with Crippen molar-refractivity contribution in [2.24, 2.45) is 0 Å². The summed E-state index contributed by atoms with van der Waals surface area (Å²) in [6, 6.07) is 13.8. The Morgan fingerprint density at radius 3 is 2.38 bits per heavy atom. The van der Waals surface area contributed by atoms with E-state index in [0.717, 1.165) is 5.56 Å². The Kier molecular flexibility index (Phi) is 8.08. The normalized spacial score (nSPS) is 13.9. The Balaban J connectivity index is 1.46. The fourth-order valence-corrected chi connectivity index (χ4v) is 3.58. The standard InChI is InChI=1S/C24H28N2O6/c1-3-31-24(29)32-20-10-8-17(9-11-20)23(28)25-19-12-14-26(15-13-19)22(27)16-18-6-4-5-7-21(18)30-2/h4-11,19H,3,12-16H2,1-2H3,(H,25,28). The second-order valence-electron chi connectivity index (χ2n) is 7.43. The van der Waals surface area contributed by atoms with Crippen LogP contribution in [0.5, 0.6) is 11.5 Å². The third-order valence-corrected chi connectivity index (χ3v) is 5.30. The molecule has 1 aliphatic heterocycles. The molecule has 2 amide bonds. The van der Waals surface area contributed by atoms with E-state index in [-0.39, 0.29) is 24.5 Å². The van der Waals surface area contributed by atoms with Crippen molar-refractivity contribution in [3.63, 3.8) is 0 Å². The lowest BCUT2D eigenvalue weighted by Crippen LogP contribution is -2.47. The van der Waals surface area contributed by atoms with Gasteiger partial charge in [-0.05, 0) is 50.1 Å². The van der Waals surface area contributed by atoms with Gasteiger partial charge in [-0.15, -0.1) is 0 Å². The van der Waals surface area contributed by atoms with Crippen molar-refractivity contribution in [2.45, 2.75) is 32.2 Å². The number of hydrogen-bond donors (Lipinski definition) is 1. The molecule has 0 spiro atoms. The molecule has 2 aromatic carbocycles. The molecule has 0 unspecified atom stereocenters. The maximum Gasteiger partial charge on any atom is 0.513 e. The molecule has 8 nitrogen and oxygen atoms in total. The molecule has 0 saturated carbocycles. The Hall–Kier alpha value is -3.55. The van der Waals surface area contributed by atoms with Crippen LogP contribution in [-0.2, 0) is 16.0 Å². The van der Waals surface area contributed by atoms with Crippen LogP contribution in [0.3, 0.4) is 0 Å². The summed E-state index contributed by atoms with van der Waals surface area (Å²) in [6.45, 7) is 3.09. The first-order valence-electron chi connectivity index (χ1n) is 10.6. The Labute approximate surface area is 187 Å². The Morgan fingerprint density at radius 1 is 1.03 bits per heavy atom. The summed E-state index contributed by atoms with van der Waals surface area (Å²) >= 11 is 0. The number of ether oxygens (including phenoxy) is 3. The van der Waals surface area contributed by atoms with E-state index in [9.17, 15) is 14.4 Å². The van der Waals surface area contributed by atoms with E-state index >= 15 is 0 Å². The molecule has 1 aliphatic rings. The SMILES string of the molecule is CCOC(=O)Oc1ccc(C(=O)NC2CCN(C(=O)Cc3ccccc3OC)CC2)cc1. The fourth-order valence-electron chi connectivity index (χ4n) is 3.58. The molecule has 0 atom stereocenters. The van der Waals surface area contributed by atoms with E-state index in [4.69, 9.17) is 14.2 Å². The summed E-state index contributed by atoms with van der Waals surface area (Å²) < 4.78 is 15.0. The average Bonchev–Trinajstić information content (AvgIpc) is 2.80. The minimum Gasteiger partial charge on any atom is -0.496 e. The van der Waals surface area contributed by atoms with Gasteiger partial charge >= 0.3 is 6.16 Å². The van der Waals surface area contributed by atoms with Gasteiger partial charge in [0.2, 0.25) is 5.91 Å². The highest BCUT2D eigenvalue weighted by molar-refractivity contribution is 5.94. The molecule has 0 radical (unpaired) electrons. The molecule has 1 fully saturated rings. The number of nitrogens with one attached hydrogen (secondary N) is 1. The first-order chi connectivity index (χ1) is 15.5. The summed E-state index contributed by atoms with van der Waals surface area (Å²) in [5, 5.41) is 3.01. The van der Waals surface area contributed by atoms with Crippen LogP contribution in [0.4, 0.5) is 4.79 Å². The van der Waals surface area contributed by atoms with E-state index in [2.05, 4.69) is 5.32 Å². The van der Waals surface area contributed by atoms with Crippen molar-refractivity contribution >= 4 is 18.0 Å². The number of para-hydroxylation sites is 1. The van der Waals surface area contributed by atoms with Gasteiger partial charge in [-0.25, -0.2) is 4.79 Å². The number of nitrogens with zero attached hydrogens (tertiary/aromatic N) is 1. The highest BCUT2D eigenvalue weighted by Crippen LogP contribution is 2.20. The number of piperidine rings is 1. The molecule has 32 heavy (non-hydrogen) atoms. The lowest BCUT2D eigenvalue weighted by atomic mass is 10.0. The van der Waals surface area contributed by atoms with Gasteiger partial charge in [-0.1, -0.05) is 18.2 Å². The number of likely N-dealkylation sites (tertiary alicyclic amines) is 1. The number of carbonyl (C=O) groups is 3. The molecule has 1 heterocycles. The lowest BCUT2D eigenvalue weighted by molar-refractivity contribution is -0.131. The second kappa shape index (κ2) is 11.2. The number of amides is 2. The predicted octanol–water partition coefficient (Wildman–Crippen LogP) is 3.19. The van der Waals surface area contributed by atoms with Gasteiger partial charge in [0, 0.05) is 30.3 Å². The van der Waals surface area contributed by atoms with Crippen LogP contribution in [0.15, 0.2) is 48.5 Å². The van der Waals surface area contributed by atoms with Crippen molar-refractivity contribution in [3.05, 3.63) is 59.7 Å². The van der Waals surface area contributed by atoms with Gasteiger partial charge < -0.3 is 24.4 Å². The van der Waals surface area contributed by atoms with Gasteiger partial charge in [0.25, 0.3) is 5.91 Å². The summed E-state index contributed by atoms with van der Waals surface area (Å²) in [5.41, 5.74) is 1.33. The largest absolute Gasteiger partial charge is 0.513 e. The third-order valence-electron chi connectivity index (χ3n) is 5.30. The van der Waals surface area contributed by atoms with Crippen molar-refractivity contribution in [3.8, 4) is 11.5 Å². The monoisotopic (exact) mass is 440 g/mol. The van der Waals surface area contributed by atoms with Crippen molar-refractivity contribution in [1.29, 1.82) is 0 Å². The fraction of sp³-hybridized carbons (Fsp3) is 0.375. The molecule has 170 valence electrons. The molecule has 0 aliphatic carbocycles. The maximum absolute atomic E-state index is 12.7. The van der Waals surface area contributed by atoms with Gasteiger partial charge in [-0.3, -0.25) is 9.59 Å². The number of rotatable bonds is 7. The molecular formula is C24H28N2O6. The third kappa shape index (κ3) is 6.23. The predicted molar refractivity (Wildman–Crippen MR) is 118 cm³/mol. The van der Waals surface area contributed by atoms with Gasteiger partial charge in [-0.2, -0.15) is 0 Å². The molecular weight excluding hydrogens is 412 g/mol. The van der Waals surface area contributed by atoms with Crippen molar-refractivity contribution in [2.75, 3.05) is 26.8 Å². The molecule has 3 rings (SSSR count).